The van der Waals surface area contributed by atoms with E-state index in [4.69, 9.17) is 5.73 Å². The first kappa shape index (κ1) is 9.36. The molecule has 2 heterocycles. The molecule has 0 saturated heterocycles. The van der Waals surface area contributed by atoms with E-state index in [2.05, 4.69) is 9.97 Å². The number of hydrogen-bond acceptors (Lipinski definition) is 4. The van der Waals surface area contributed by atoms with Crippen LogP contribution in [0.15, 0.2) is 17.8 Å². The summed E-state index contributed by atoms with van der Waals surface area (Å²) in [5.74, 6) is 0.907. The largest absolute Gasteiger partial charge is 0.333 e. The van der Waals surface area contributed by atoms with Crippen molar-refractivity contribution >= 4 is 11.3 Å². The Bertz CT molecular complexity index is 418. The van der Waals surface area contributed by atoms with Crippen LogP contribution in [0, 0.1) is 0 Å². The van der Waals surface area contributed by atoms with Gasteiger partial charge in [-0.3, -0.25) is 0 Å². The zero-order chi connectivity index (χ0) is 9.97. The van der Waals surface area contributed by atoms with Crippen LogP contribution in [-0.2, 0) is 13.5 Å². The van der Waals surface area contributed by atoms with Crippen LogP contribution in [0.1, 0.15) is 5.01 Å². The van der Waals surface area contributed by atoms with E-state index in [0.29, 0.717) is 6.54 Å². The van der Waals surface area contributed by atoms with Gasteiger partial charge in [0.2, 0.25) is 0 Å². The van der Waals surface area contributed by atoms with Crippen LogP contribution >= 0.6 is 11.3 Å². The highest BCUT2D eigenvalue weighted by atomic mass is 32.1. The third-order valence-corrected chi connectivity index (χ3v) is 2.87. The Morgan fingerprint density at radius 1 is 1.57 bits per heavy atom. The van der Waals surface area contributed by atoms with E-state index in [0.717, 1.165) is 22.9 Å². The number of hydrogen-bond donors (Lipinski definition) is 1. The Morgan fingerprint density at radius 3 is 3.07 bits per heavy atom. The lowest BCUT2D eigenvalue weighted by molar-refractivity contribution is 0.911. The molecule has 74 valence electrons. The van der Waals surface area contributed by atoms with Gasteiger partial charge in [0.1, 0.15) is 5.69 Å². The monoisotopic (exact) mass is 208 g/mol. The second-order valence-corrected chi connectivity index (χ2v) is 3.97. The fourth-order valence-electron chi connectivity index (χ4n) is 1.26. The highest BCUT2D eigenvalue weighted by molar-refractivity contribution is 7.09. The molecule has 0 unspecified atom stereocenters. The minimum Gasteiger partial charge on any atom is -0.333 e. The van der Waals surface area contributed by atoms with E-state index < -0.39 is 0 Å². The van der Waals surface area contributed by atoms with Gasteiger partial charge in [-0.2, -0.15) is 0 Å². The van der Waals surface area contributed by atoms with Crippen molar-refractivity contribution in [1.82, 2.24) is 14.5 Å². The van der Waals surface area contributed by atoms with Crippen molar-refractivity contribution in [3.05, 3.63) is 22.8 Å². The molecule has 0 saturated carbocycles. The lowest BCUT2D eigenvalue weighted by Crippen LogP contribution is -2.02. The van der Waals surface area contributed by atoms with Crippen molar-refractivity contribution in [3.63, 3.8) is 0 Å². The number of aromatic nitrogens is 3. The van der Waals surface area contributed by atoms with Crippen molar-refractivity contribution in [2.45, 2.75) is 6.42 Å². The Morgan fingerprint density at radius 2 is 2.43 bits per heavy atom. The third-order valence-electron chi connectivity index (χ3n) is 1.96. The lowest BCUT2D eigenvalue weighted by Gasteiger charge is -1.95. The number of nitrogens with two attached hydrogens (primary N) is 1. The highest BCUT2D eigenvalue weighted by Crippen LogP contribution is 2.19. The molecule has 4 nitrogen and oxygen atoms in total. The molecule has 5 heteroatoms. The van der Waals surface area contributed by atoms with Crippen LogP contribution in [0.4, 0.5) is 0 Å². The molecule has 2 rings (SSSR count). The number of thiazole rings is 1. The molecule has 0 atom stereocenters. The van der Waals surface area contributed by atoms with Crippen molar-refractivity contribution < 1.29 is 0 Å². The van der Waals surface area contributed by atoms with E-state index in [1.807, 2.05) is 23.2 Å². The zero-order valence-electron chi connectivity index (χ0n) is 7.97. The molecule has 0 spiro atoms. The fraction of sp³-hybridized carbons (Fsp3) is 0.333. The van der Waals surface area contributed by atoms with Gasteiger partial charge >= 0.3 is 0 Å². The van der Waals surface area contributed by atoms with Gasteiger partial charge < -0.3 is 10.3 Å². The van der Waals surface area contributed by atoms with Crippen LogP contribution in [0.25, 0.3) is 11.5 Å². The molecule has 14 heavy (non-hydrogen) atoms. The van der Waals surface area contributed by atoms with Crippen LogP contribution in [0.2, 0.25) is 0 Å². The van der Waals surface area contributed by atoms with Crippen LogP contribution in [-0.4, -0.2) is 21.1 Å². The third kappa shape index (κ3) is 1.69. The van der Waals surface area contributed by atoms with E-state index in [-0.39, 0.29) is 0 Å². The number of aryl methyl sites for hydroxylation is 1. The minimum absolute atomic E-state index is 0.646. The summed E-state index contributed by atoms with van der Waals surface area (Å²) in [4.78, 5) is 8.69. The zero-order valence-corrected chi connectivity index (χ0v) is 8.79. The molecule has 0 radical (unpaired) electrons. The Kier molecular flexibility index (Phi) is 2.60. The minimum atomic E-state index is 0.646. The first-order valence-electron chi connectivity index (χ1n) is 4.43. The molecule has 0 aliphatic rings. The molecular weight excluding hydrogens is 196 g/mol. The molecule has 0 aliphatic heterocycles. The first-order valence-corrected chi connectivity index (χ1v) is 5.31. The average Bonchev–Trinajstić information content (AvgIpc) is 2.74. The molecule has 2 aromatic heterocycles. The standard InChI is InChI=1S/C9H12N4S/c1-13-5-4-11-9(13)7-6-14-8(12-7)2-3-10/h4-6H,2-3,10H2,1H3. The van der Waals surface area contributed by atoms with Gasteiger partial charge in [-0.1, -0.05) is 0 Å². The van der Waals surface area contributed by atoms with Gasteiger partial charge in [-0.15, -0.1) is 11.3 Å². The maximum atomic E-state index is 5.46. The topological polar surface area (TPSA) is 56.7 Å². The normalized spacial score (nSPS) is 10.7. The quantitative estimate of drug-likeness (QED) is 0.820. The molecule has 0 bridgehead atoms. The first-order chi connectivity index (χ1) is 6.81. The van der Waals surface area contributed by atoms with Crippen molar-refractivity contribution in [2.24, 2.45) is 12.8 Å². The molecule has 0 aromatic carbocycles. The summed E-state index contributed by atoms with van der Waals surface area (Å²) >= 11 is 1.64. The SMILES string of the molecule is Cn1ccnc1-c1csc(CCN)n1. The summed E-state index contributed by atoms with van der Waals surface area (Å²) in [5, 5.41) is 3.10. The Balaban J connectivity index is 2.29. The van der Waals surface area contributed by atoms with Crippen LogP contribution in [0.5, 0.6) is 0 Å². The average molecular weight is 208 g/mol. The van der Waals surface area contributed by atoms with Crippen molar-refractivity contribution in [3.8, 4) is 11.5 Å². The summed E-state index contributed by atoms with van der Waals surface area (Å²) in [7, 11) is 1.96. The second kappa shape index (κ2) is 3.89. The second-order valence-electron chi connectivity index (χ2n) is 3.03. The molecular formula is C9H12N4S. The van der Waals surface area contributed by atoms with Crippen molar-refractivity contribution in [2.75, 3.05) is 6.54 Å². The predicted octanol–water partition coefficient (Wildman–Crippen LogP) is 1.04. The maximum absolute atomic E-state index is 5.46. The summed E-state index contributed by atoms with van der Waals surface area (Å²) in [5.41, 5.74) is 6.40. The van der Waals surface area contributed by atoms with Crippen molar-refractivity contribution in [1.29, 1.82) is 0 Å². The lowest BCUT2D eigenvalue weighted by atomic mass is 10.4. The van der Waals surface area contributed by atoms with Gasteiger partial charge in [-0.05, 0) is 6.54 Å². The smallest absolute Gasteiger partial charge is 0.159 e. The number of imidazole rings is 1. The van der Waals surface area contributed by atoms with Gasteiger partial charge in [0.05, 0.1) is 5.01 Å². The molecule has 0 fully saturated rings. The predicted molar refractivity (Wildman–Crippen MR) is 57.1 cm³/mol. The molecule has 2 N–H and O–H groups in total. The van der Waals surface area contributed by atoms with E-state index in [9.17, 15) is 0 Å². The highest BCUT2D eigenvalue weighted by Gasteiger charge is 2.07. The molecule has 2 aromatic rings. The van der Waals surface area contributed by atoms with Crippen LogP contribution in [0.3, 0.4) is 0 Å². The number of nitrogens with zero attached hydrogens (tertiary/aromatic N) is 3. The van der Waals surface area contributed by atoms with Gasteiger partial charge in [-0.25, -0.2) is 9.97 Å². The van der Waals surface area contributed by atoms with E-state index >= 15 is 0 Å². The van der Waals surface area contributed by atoms with E-state index in [1.165, 1.54) is 0 Å². The molecule has 0 amide bonds. The van der Waals surface area contributed by atoms with E-state index in [1.54, 1.807) is 17.5 Å². The summed E-state index contributed by atoms with van der Waals surface area (Å²) < 4.78 is 1.96. The Hall–Kier alpha value is -1.20. The summed E-state index contributed by atoms with van der Waals surface area (Å²) in [6.07, 6.45) is 4.53. The van der Waals surface area contributed by atoms with Gasteiger partial charge in [0.15, 0.2) is 5.82 Å². The van der Waals surface area contributed by atoms with Gasteiger partial charge in [0, 0.05) is 31.2 Å². The fourth-order valence-corrected chi connectivity index (χ4v) is 2.06. The van der Waals surface area contributed by atoms with Crippen LogP contribution < -0.4 is 5.73 Å². The van der Waals surface area contributed by atoms with Gasteiger partial charge in [0.25, 0.3) is 0 Å². The summed E-state index contributed by atoms with van der Waals surface area (Å²) in [6.45, 7) is 0.646. The maximum Gasteiger partial charge on any atom is 0.159 e. The Labute approximate surface area is 86.4 Å². The number of rotatable bonds is 3. The molecule has 0 aliphatic carbocycles. The summed E-state index contributed by atoms with van der Waals surface area (Å²) in [6, 6.07) is 0.